The van der Waals surface area contributed by atoms with Crippen molar-refractivity contribution >= 4 is 28.9 Å². The summed E-state index contributed by atoms with van der Waals surface area (Å²) < 4.78 is 0. The van der Waals surface area contributed by atoms with Gasteiger partial charge in [-0.25, -0.2) is 0 Å². The fourth-order valence-electron chi connectivity index (χ4n) is 1.61. The van der Waals surface area contributed by atoms with E-state index in [0.29, 0.717) is 0 Å². The highest BCUT2D eigenvalue weighted by Gasteiger charge is 2.24. The minimum absolute atomic E-state index is 0.0163. The maximum absolute atomic E-state index is 11.0. The topological polar surface area (TPSA) is 159 Å². The number of carbonyl (C=O) groups is 2. The Kier molecular flexibility index (Phi) is 4.24. The lowest BCUT2D eigenvalue weighted by Crippen LogP contribution is -2.40. The van der Waals surface area contributed by atoms with E-state index in [0.717, 1.165) is 4.90 Å². The van der Waals surface area contributed by atoms with Gasteiger partial charge in [-0.3, -0.25) is 19.7 Å². The van der Waals surface area contributed by atoms with E-state index < -0.39 is 22.4 Å². The van der Waals surface area contributed by atoms with Gasteiger partial charge in [0.05, 0.1) is 18.0 Å². The molecule has 1 aromatic rings. The second kappa shape index (κ2) is 5.67. The fraction of sp³-hybridized carbons (Fsp3) is 0.200. The van der Waals surface area contributed by atoms with Gasteiger partial charge in [-0.15, -0.1) is 0 Å². The Morgan fingerprint density at radius 1 is 1.21 bits per heavy atom. The summed E-state index contributed by atoms with van der Waals surface area (Å²) in [6.07, 6.45) is 0. The Bertz CT molecular complexity index is 515. The Labute approximate surface area is 108 Å². The Morgan fingerprint density at radius 3 is 2.16 bits per heavy atom. The average molecular weight is 267 g/mol. The smallest absolute Gasteiger partial charge is 0.315 e. The van der Waals surface area contributed by atoms with Crippen LogP contribution in [0.5, 0.6) is 0 Å². The van der Waals surface area contributed by atoms with Gasteiger partial charge >= 0.3 is 5.69 Å². The lowest BCUT2D eigenvalue weighted by atomic mass is 10.2. The van der Waals surface area contributed by atoms with Crippen molar-refractivity contribution in [1.82, 2.24) is 0 Å². The molecule has 0 saturated heterocycles. The molecule has 1 aromatic carbocycles. The minimum Gasteiger partial charge on any atom is -0.393 e. The van der Waals surface area contributed by atoms with Crippen LogP contribution >= 0.6 is 0 Å². The molecule has 0 spiro atoms. The summed E-state index contributed by atoms with van der Waals surface area (Å²) in [6, 6.07) is 4.17. The molecule has 1 rings (SSSR count). The average Bonchev–Trinajstić information content (AvgIpc) is 2.25. The van der Waals surface area contributed by atoms with Gasteiger partial charge in [-0.1, -0.05) is 6.07 Å². The van der Waals surface area contributed by atoms with Crippen LogP contribution in [0.15, 0.2) is 18.2 Å². The molecule has 0 atom stereocenters. The van der Waals surface area contributed by atoms with Crippen molar-refractivity contribution in [1.29, 1.82) is 0 Å². The number of nitrogen functional groups attached to an aromatic ring is 1. The SMILES string of the molecule is NC(=O)CN(CC(N)=O)c1cccc(N)c1[N+](=O)[O-]. The van der Waals surface area contributed by atoms with Crippen LogP contribution in [0.4, 0.5) is 17.1 Å². The van der Waals surface area contributed by atoms with Crippen LogP contribution < -0.4 is 22.1 Å². The van der Waals surface area contributed by atoms with E-state index in [1.807, 2.05) is 0 Å². The number of primary amides is 2. The van der Waals surface area contributed by atoms with Crippen LogP contribution in [0.3, 0.4) is 0 Å². The molecule has 9 nitrogen and oxygen atoms in total. The molecule has 102 valence electrons. The second-order valence-corrected chi connectivity index (χ2v) is 3.76. The number of amides is 2. The summed E-state index contributed by atoms with van der Waals surface area (Å²) in [7, 11) is 0. The van der Waals surface area contributed by atoms with Crippen LogP contribution in [0.1, 0.15) is 0 Å². The molecule has 6 N–H and O–H groups in total. The lowest BCUT2D eigenvalue weighted by molar-refractivity contribution is -0.383. The van der Waals surface area contributed by atoms with E-state index in [-0.39, 0.29) is 24.5 Å². The van der Waals surface area contributed by atoms with Crippen LogP contribution in [-0.4, -0.2) is 29.8 Å². The zero-order chi connectivity index (χ0) is 14.6. The highest BCUT2D eigenvalue weighted by atomic mass is 16.6. The Morgan fingerprint density at radius 2 is 1.74 bits per heavy atom. The third-order valence-corrected chi connectivity index (χ3v) is 2.26. The van der Waals surface area contributed by atoms with Crippen molar-refractivity contribution in [3.8, 4) is 0 Å². The first-order valence-corrected chi connectivity index (χ1v) is 5.17. The standard InChI is InChI=1S/C10H13N5O4/c11-6-2-1-3-7(10(6)15(18)19)14(4-8(12)16)5-9(13)17/h1-3H,4-5,11H2,(H2,12,16)(H2,13,17). The quantitative estimate of drug-likeness (QED) is 0.339. The summed E-state index contributed by atoms with van der Waals surface area (Å²) in [5, 5.41) is 11.0. The number of nitro groups is 1. The first kappa shape index (κ1) is 14.2. The molecular weight excluding hydrogens is 254 g/mol. The molecule has 0 aliphatic rings. The molecule has 0 radical (unpaired) electrons. The predicted molar refractivity (Wildman–Crippen MR) is 68.1 cm³/mol. The summed E-state index contributed by atoms with van der Waals surface area (Å²) in [5.41, 5.74) is 15.1. The summed E-state index contributed by atoms with van der Waals surface area (Å²) in [5.74, 6) is -1.50. The number of carbonyl (C=O) groups excluding carboxylic acids is 2. The first-order chi connectivity index (χ1) is 8.82. The number of rotatable bonds is 6. The molecule has 0 bridgehead atoms. The van der Waals surface area contributed by atoms with Gasteiger partial charge in [-0.2, -0.15) is 0 Å². The maximum atomic E-state index is 11.0. The highest BCUT2D eigenvalue weighted by molar-refractivity contribution is 5.88. The normalized spacial score (nSPS) is 9.89. The molecule has 0 aliphatic heterocycles. The van der Waals surface area contributed by atoms with Crippen LogP contribution in [0.25, 0.3) is 0 Å². The van der Waals surface area contributed by atoms with Crippen molar-refractivity contribution in [2.45, 2.75) is 0 Å². The molecule has 0 fully saturated rings. The number of nitrogens with two attached hydrogens (primary N) is 3. The van der Waals surface area contributed by atoms with Crippen molar-refractivity contribution in [2.24, 2.45) is 11.5 Å². The summed E-state index contributed by atoms with van der Waals surface area (Å²) >= 11 is 0. The number of nitrogens with zero attached hydrogens (tertiary/aromatic N) is 2. The van der Waals surface area contributed by atoms with E-state index >= 15 is 0 Å². The minimum atomic E-state index is -0.752. The summed E-state index contributed by atoms with van der Waals surface area (Å²) in [4.78, 5) is 33.3. The molecular formula is C10H13N5O4. The molecule has 19 heavy (non-hydrogen) atoms. The van der Waals surface area contributed by atoms with Gasteiger partial charge in [0.1, 0.15) is 11.4 Å². The third kappa shape index (κ3) is 3.56. The van der Waals surface area contributed by atoms with Gasteiger partial charge in [-0.05, 0) is 12.1 Å². The highest BCUT2D eigenvalue weighted by Crippen LogP contribution is 2.33. The second-order valence-electron chi connectivity index (χ2n) is 3.76. The van der Waals surface area contributed by atoms with Crippen molar-refractivity contribution < 1.29 is 14.5 Å². The predicted octanol–water partition coefficient (Wildman–Crippen LogP) is -1.05. The maximum Gasteiger partial charge on any atom is 0.315 e. The molecule has 0 saturated carbocycles. The van der Waals surface area contributed by atoms with E-state index in [1.54, 1.807) is 0 Å². The van der Waals surface area contributed by atoms with E-state index in [2.05, 4.69) is 0 Å². The first-order valence-electron chi connectivity index (χ1n) is 5.17. The lowest BCUT2D eigenvalue weighted by Gasteiger charge is -2.21. The van der Waals surface area contributed by atoms with Gasteiger partial charge in [0.15, 0.2) is 0 Å². The number of hydrogen-bond acceptors (Lipinski definition) is 6. The molecule has 9 heteroatoms. The van der Waals surface area contributed by atoms with Gasteiger partial charge in [0.2, 0.25) is 11.8 Å². The number of nitro benzene ring substituents is 1. The van der Waals surface area contributed by atoms with Gasteiger partial charge in [0.25, 0.3) is 0 Å². The van der Waals surface area contributed by atoms with E-state index in [9.17, 15) is 19.7 Å². The molecule has 0 unspecified atom stereocenters. The molecule has 0 aliphatic carbocycles. The van der Waals surface area contributed by atoms with Crippen molar-refractivity contribution in [3.63, 3.8) is 0 Å². The van der Waals surface area contributed by atoms with Crippen molar-refractivity contribution in [3.05, 3.63) is 28.3 Å². The zero-order valence-electron chi connectivity index (χ0n) is 9.91. The fourth-order valence-corrected chi connectivity index (χ4v) is 1.61. The van der Waals surface area contributed by atoms with Crippen LogP contribution in [-0.2, 0) is 9.59 Å². The summed E-state index contributed by atoms with van der Waals surface area (Å²) in [6.45, 7) is -0.763. The number of anilines is 2. The van der Waals surface area contributed by atoms with Crippen molar-refractivity contribution in [2.75, 3.05) is 23.7 Å². The molecule has 0 aromatic heterocycles. The van der Waals surface area contributed by atoms with Crippen LogP contribution in [0, 0.1) is 10.1 Å². The number of benzene rings is 1. The third-order valence-electron chi connectivity index (χ3n) is 2.26. The molecule has 2 amide bonds. The van der Waals surface area contributed by atoms with E-state index in [4.69, 9.17) is 17.2 Å². The number of hydrogen-bond donors (Lipinski definition) is 3. The Hall–Kier alpha value is -2.84. The van der Waals surface area contributed by atoms with Gasteiger partial charge < -0.3 is 22.1 Å². The van der Waals surface area contributed by atoms with Crippen LogP contribution in [0.2, 0.25) is 0 Å². The Balaban J connectivity index is 3.28. The van der Waals surface area contributed by atoms with E-state index in [1.165, 1.54) is 18.2 Å². The van der Waals surface area contributed by atoms with Gasteiger partial charge in [0, 0.05) is 0 Å². The molecule has 0 heterocycles. The number of para-hydroxylation sites is 1. The zero-order valence-corrected chi connectivity index (χ0v) is 9.91. The monoisotopic (exact) mass is 267 g/mol. The largest absolute Gasteiger partial charge is 0.393 e.